The Balaban J connectivity index is 2.28. The van der Waals surface area contributed by atoms with Crippen molar-refractivity contribution >= 4 is 33.4 Å². The average Bonchev–Trinajstić information content (AvgIpc) is 2.80. The maximum Gasteiger partial charge on any atom is 0.243 e. The van der Waals surface area contributed by atoms with E-state index < -0.39 is 28.5 Å². The molecule has 0 unspecified atom stereocenters. The van der Waals surface area contributed by atoms with Crippen LogP contribution >= 0.6 is 11.6 Å². The average molecular weight is 508 g/mol. The van der Waals surface area contributed by atoms with Crippen molar-refractivity contribution in [3.05, 3.63) is 64.7 Å². The molecule has 2 aromatic rings. The predicted octanol–water partition coefficient (Wildman–Crippen LogP) is 3.99. The highest BCUT2D eigenvalue weighted by molar-refractivity contribution is 7.89. The maximum atomic E-state index is 13.4. The minimum atomic E-state index is -3.91. The maximum absolute atomic E-state index is 13.4. The van der Waals surface area contributed by atoms with Gasteiger partial charge in [0.25, 0.3) is 0 Å². The molecule has 0 saturated heterocycles. The van der Waals surface area contributed by atoms with Gasteiger partial charge in [-0.1, -0.05) is 61.7 Å². The second-order valence-electron chi connectivity index (χ2n) is 8.29. The first-order chi connectivity index (χ1) is 16.1. The number of rotatable bonds is 12. The minimum absolute atomic E-state index is 0.0432. The summed E-state index contributed by atoms with van der Waals surface area (Å²) in [6.45, 7) is 6.19. The van der Waals surface area contributed by atoms with Gasteiger partial charge in [0.1, 0.15) is 6.04 Å². The largest absolute Gasteiger partial charge is 0.354 e. The summed E-state index contributed by atoms with van der Waals surface area (Å²) in [4.78, 5) is 27.9. The summed E-state index contributed by atoms with van der Waals surface area (Å²) in [5.74, 6) is -0.683. The van der Waals surface area contributed by atoms with E-state index in [1.54, 1.807) is 0 Å². The van der Waals surface area contributed by atoms with E-state index >= 15 is 0 Å². The fraction of sp³-hybridized carbons (Fsp3) is 0.440. The van der Waals surface area contributed by atoms with Gasteiger partial charge in [-0.25, -0.2) is 8.42 Å². The zero-order chi connectivity index (χ0) is 25.3. The third-order valence-corrected chi connectivity index (χ3v) is 7.64. The van der Waals surface area contributed by atoms with Gasteiger partial charge < -0.3 is 10.2 Å². The Morgan fingerprint density at radius 2 is 1.65 bits per heavy atom. The Bertz CT molecular complexity index is 1060. The number of hydrogen-bond donors (Lipinski definition) is 1. The fourth-order valence-corrected chi connectivity index (χ4v) is 4.71. The molecule has 1 N–H and O–H groups in total. The number of benzene rings is 2. The molecule has 0 fully saturated rings. The number of sulfonamides is 1. The van der Waals surface area contributed by atoms with Crippen LogP contribution in [0.2, 0.25) is 5.02 Å². The summed E-state index contributed by atoms with van der Waals surface area (Å²) in [6.07, 6.45) is 2.19. The van der Waals surface area contributed by atoms with E-state index in [1.165, 1.54) is 36.2 Å². The Labute approximate surface area is 208 Å². The first-order valence-corrected chi connectivity index (χ1v) is 13.3. The molecule has 0 bridgehead atoms. The molecule has 2 amide bonds. The van der Waals surface area contributed by atoms with Gasteiger partial charge >= 0.3 is 0 Å². The molecular formula is C25H34ClN3O4S. The van der Waals surface area contributed by atoms with E-state index in [1.807, 2.05) is 45.0 Å². The van der Waals surface area contributed by atoms with E-state index in [-0.39, 0.29) is 17.3 Å². The van der Waals surface area contributed by atoms with Crippen molar-refractivity contribution in [2.75, 3.05) is 20.1 Å². The summed E-state index contributed by atoms with van der Waals surface area (Å²) in [6, 6.07) is 12.8. The Morgan fingerprint density at radius 1 is 1.03 bits per heavy atom. The van der Waals surface area contributed by atoms with Crippen LogP contribution in [0.5, 0.6) is 0 Å². The molecule has 34 heavy (non-hydrogen) atoms. The molecule has 0 radical (unpaired) electrons. The molecular weight excluding hydrogens is 474 g/mol. The zero-order valence-electron chi connectivity index (χ0n) is 20.3. The number of aryl methyl sites for hydroxylation is 1. The van der Waals surface area contributed by atoms with Crippen LogP contribution in [-0.2, 0) is 26.2 Å². The van der Waals surface area contributed by atoms with Crippen molar-refractivity contribution in [2.45, 2.75) is 57.5 Å². The van der Waals surface area contributed by atoms with Crippen LogP contribution in [0, 0.1) is 6.92 Å². The molecule has 0 aliphatic rings. The van der Waals surface area contributed by atoms with Gasteiger partial charge in [-0.15, -0.1) is 0 Å². The molecule has 9 heteroatoms. The number of amides is 2. The van der Waals surface area contributed by atoms with Crippen LogP contribution in [-0.4, -0.2) is 55.6 Å². The predicted molar refractivity (Wildman–Crippen MR) is 135 cm³/mol. The lowest BCUT2D eigenvalue weighted by Crippen LogP contribution is -2.51. The lowest BCUT2D eigenvalue weighted by molar-refractivity contribution is -0.141. The van der Waals surface area contributed by atoms with Gasteiger partial charge in [0, 0.05) is 25.2 Å². The first kappa shape index (κ1) is 27.8. The monoisotopic (exact) mass is 507 g/mol. The van der Waals surface area contributed by atoms with Crippen molar-refractivity contribution in [3.63, 3.8) is 0 Å². The summed E-state index contributed by atoms with van der Waals surface area (Å²) < 4.78 is 27.0. The molecule has 7 nitrogen and oxygen atoms in total. The highest BCUT2D eigenvalue weighted by atomic mass is 35.5. The number of hydrogen-bond acceptors (Lipinski definition) is 4. The standard InChI is InChI=1S/C25H34ClN3O4S/c1-5-7-16-27-25(31)23(6-2)29(17-20-10-8-19(3)9-11-20)24(30)18-28(4)34(32,33)22-14-12-21(26)13-15-22/h8-15,23H,5-7,16-18H2,1-4H3,(H,27,31)/t23-/m1/s1. The minimum Gasteiger partial charge on any atom is -0.354 e. The molecule has 0 aromatic heterocycles. The van der Waals surface area contributed by atoms with Gasteiger partial charge in [0.15, 0.2) is 0 Å². The number of carbonyl (C=O) groups excluding carboxylic acids is 2. The number of nitrogens with one attached hydrogen (secondary N) is 1. The molecule has 0 aliphatic carbocycles. The summed E-state index contributed by atoms with van der Waals surface area (Å²) in [7, 11) is -2.55. The number of halogens is 1. The van der Waals surface area contributed by atoms with Crippen LogP contribution in [0.4, 0.5) is 0 Å². The lowest BCUT2D eigenvalue weighted by Gasteiger charge is -2.32. The normalized spacial score (nSPS) is 12.4. The lowest BCUT2D eigenvalue weighted by atomic mass is 10.1. The van der Waals surface area contributed by atoms with Gasteiger partial charge in [-0.2, -0.15) is 4.31 Å². The first-order valence-electron chi connectivity index (χ1n) is 11.4. The SMILES string of the molecule is CCCCNC(=O)[C@@H](CC)N(Cc1ccc(C)cc1)C(=O)CN(C)S(=O)(=O)c1ccc(Cl)cc1. The smallest absolute Gasteiger partial charge is 0.243 e. The zero-order valence-corrected chi connectivity index (χ0v) is 21.8. The molecule has 186 valence electrons. The van der Waals surface area contributed by atoms with Crippen LogP contribution in [0.25, 0.3) is 0 Å². The quantitative estimate of drug-likeness (QED) is 0.440. The Hall–Kier alpha value is -2.42. The molecule has 0 heterocycles. The highest BCUT2D eigenvalue weighted by Crippen LogP contribution is 2.19. The Morgan fingerprint density at radius 3 is 2.21 bits per heavy atom. The highest BCUT2D eigenvalue weighted by Gasteiger charge is 2.31. The number of unbranched alkanes of at least 4 members (excludes halogenated alkanes) is 1. The van der Waals surface area contributed by atoms with Crippen LogP contribution < -0.4 is 5.32 Å². The number of likely N-dealkylation sites (N-methyl/N-ethyl adjacent to an activating group) is 1. The van der Waals surface area contributed by atoms with Crippen LogP contribution in [0.1, 0.15) is 44.2 Å². The molecule has 0 aliphatic heterocycles. The fourth-order valence-electron chi connectivity index (χ4n) is 3.47. The van der Waals surface area contributed by atoms with Crippen LogP contribution in [0.15, 0.2) is 53.4 Å². The Kier molecular flexibility index (Phi) is 10.5. The van der Waals surface area contributed by atoms with Gasteiger partial charge in [0.05, 0.1) is 11.4 Å². The van der Waals surface area contributed by atoms with Gasteiger partial charge in [-0.3, -0.25) is 9.59 Å². The number of nitrogens with zero attached hydrogens (tertiary/aromatic N) is 2. The van der Waals surface area contributed by atoms with E-state index in [9.17, 15) is 18.0 Å². The molecule has 0 spiro atoms. The van der Waals surface area contributed by atoms with Gasteiger partial charge in [0.2, 0.25) is 21.8 Å². The summed E-state index contributed by atoms with van der Waals surface area (Å²) >= 11 is 5.87. The van der Waals surface area contributed by atoms with E-state index in [0.717, 1.165) is 28.3 Å². The van der Waals surface area contributed by atoms with Crippen molar-refractivity contribution in [2.24, 2.45) is 0 Å². The van der Waals surface area contributed by atoms with Crippen LogP contribution in [0.3, 0.4) is 0 Å². The van der Waals surface area contributed by atoms with Crippen molar-refractivity contribution in [3.8, 4) is 0 Å². The molecule has 2 aromatic carbocycles. The van der Waals surface area contributed by atoms with Gasteiger partial charge in [-0.05, 0) is 49.6 Å². The van der Waals surface area contributed by atoms with E-state index in [4.69, 9.17) is 11.6 Å². The summed E-state index contributed by atoms with van der Waals surface area (Å²) in [5.41, 5.74) is 1.95. The van der Waals surface area contributed by atoms with E-state index in [0.29, 0.717) is 18.0 Å². The molecule has 2 rings (SSSR count). The van der Waals surface area contributed by atoms with Crippen molar-refractivity contribution in [1.29, 1.82) is 0 Å². The summed E-state index contributed by atoms with van der Waals surface area (Å²) in [5, 5.41) is 3.32. The third-order valence-electron chi connectivity index (χ3n) is 5.57. The molecule has 1 atom stereocenters. The van der Waals surface area contributed by atoms with Crippen molar-refractivity contribution in [1.82, 2.24) is 14.5 Å². The molecule has 0 saturated carbocycles. The second kappa shape index (κ2) is 12.9. The topological polar surface area (TPSA) is 86.8 Å². The van der Waals surface area contributed by atoms with E-state index in [2.05, 4.69) is 5.32 Å². The second-order valence-corrected chi connectivity index (χ2v) is 10.8. The van der Waals surface area contributed by atoms with Crippen molar-refractivity contribution < 1.29 is 18.0 Å². The number of carbonyl (C=O) groups is 2. The third kappa shape index (κ3) is 7.55.